The molecular weight excluding hydrogens is 130 g/mol. The highest BCUT2D eigenvalue weighted by molar-refractivity contribution is 5.75. The first-order valence-electron chi connectivity index (χ1n) is 3.44. The van der Waals surface area contributed by atoms with Gasteiger partial charge in [-0.15, -0.1) is 0 Å². The Bertz CT molecular complexity index is 101. The van der Waals surface area contributed by atoms with Crippen LogP contribution in [-0.4, -0.2) is 12.5 Å². The number of hydrogen-bond acceptors (Lipinski definition) is 3. The molecule has 0 spiro atoms. The van der Waals surface area contributed by atoms with E-state index < -0.39 is 0 Å². The van der Waals surface area contributed by atoms with Gasteiger partial charge in [0.15, 0.2) is 0 Å². The first-order chi connectivity index (χ1) is 4.74. The molecule has 0 heterocycles. The third kappa shape index (κ3) is 3.42. The van der Waals surface area contributed by atoms with Crippen molar-refractivity contribution < 1.29 is 4.79 Å². The molecule has 5 N–H and O–H groups in total. The quantitative estimate of drug-likeness (QED) is 0.279. The summed E-state index contributed by atoms with van der Waals surface area (Å²) in [5, 5.41) is 0. The second-order valence-electron chi connectivity index (χ2n) is 2.28. The molecule has 0 rings (SSSR count). The number of hydrogen-bond donors (Lipinski definition) is 3. The van der Waals surface area contributed by atoms with Crippen LogP contribution in [0.1, 0.15) is 19.8 Å². The number of nitrogens with one attached hydrogen (secondary N) is 1. The maximum atomic E-state index is 10.6. The average Bonchev–Trinajstić information content (AvgIpc) is 1.99. The Morgan fingerprint density at radius 1 is 1.70 bits per heavy atom. The van der Waals surface area contributed by atoms with Gasteiger partial charge in [-0.05, 0) is 12.5 Å². The molecule has 0 aromatic heterocycles. The highest BCUT2D eigenvalue weighted by Crippen LogP contribution is 2.04. The molecule has 0 saturated heterocycles. The normalized spacial score (nSPS) is 12.7. The van der Waals surface area contributed by atoms with Crippen molar-refractivity contribution >= 4 is 5.91 Å². The minimum atomic E-state index is -0.141. The number of carbonyl (C=O) groups is 1. The molecule has 4 nitrogen and oxygen atoms in total. The maximum Gasteiger partial charge on any atom is 0.234 e. The fourth-order valence-electron chi connectivity index (χ4n) is 0.715. The molecule has 0 aromatic rings. The summed E-state index contributed by atoms with van der Waals surface area (Å²) in [4.78, 5) is 10.6. The molecule has 4 heteroatoms. The zero-order chi connectivity index (χ0) is 7.98. The number of amides is 1. The van der Waals surface area contributed by atoms with Gasteiger partial charge in [0.1, 0.15) is 0 Å². The van der Waals surface area contributed by atoms with Gasteiger partial charge in [0, 0.05) is 6.42 Å². The van der Waals surface area contributed by atoms with Crippen molar-refractivity contribution in [2.45, 2.75) is 19.8 Å². The fourth-order valence-corrected chi connectivity index (χ4v) is 0.715. The average molecular weight is 145 g/mol. The van der Waals surface area contributed by atoms with Crippen LogP contribution in [0.4, 0.5) is 0 Å². The summed E-state index contributed by atoms with van der Waals surface area (Å²) in [6.07, 6.45) is 1.35. The highest BCUT2D eigenvalue weighted by atomic mass is 16.2. The lowest BCUT2D eigenvalue weighted by Crippen LogP contribution is -2.32. The van der Waals surface area contributed by atoms with Gasteiger partial charge in [-0.2, -0.15) is 0 Å². The van der Waals surface area contributed by atoms with E-state index in [0.29, 0.717) is 13.0 Å². The summed E-state index contributed by atoms with van der Waals surface area (Å²) in [5.74, 6) is 5.02. The Morgan fingerprint density at radius 3 is 2.60 bits per heavy atom. The van der Waals surface area contributed by atoms with Crippen molar-refractivity contribution in [1.29, 1.82) is 0 Å². The molecule has 0 aliphatic heterocycles. The smallest absolute Gasteiger partial charge is 0.234 e. The topological polar surface area (TPSA) is 81.1 Å². The molecule has 10 heavy (non-hydrogen) atoms. The molecule has 1 atom stereocenters. The van der Waals surface area contributed by atoms with Gasteiger partial charge in [-0.25, -0.2) is 5.84 Å². The van der Waals surface area contributed by atoms with Crippen molar-refractivity contribution in [3.63, 3.8) is 0 Å². The Balaban J connectivity index is 3.52. The van der Waals surface area contributed by atoms with Crippen LogP contribution < -0.4 is 17.0 Å². The molecule has 0 bridgehead atoms. The molecule has 0 aliphatic carbocycles. The third-order valence-corrected chi connectivity index (χ3v) is 1.55. The van der Waals surface area contributed by atoms with Gasteiger partial charge in [-0.3, -0.25) is 10.2 Å². The van der Waals surface area contributed by atoms with E-state index in [1.807, 2.05) is 6.92 Å². The Labute approximate surface area is 60.9 Å². The zero-order valence-electron chi connectivity index (χ0n) is 6.26. The van der Waals surface area contributed by atoms with Crippen LogP contribution in [-0.2, 0) is 4.79 Å². The minimum absolute atomic E-state index is 0.141. The standard InChI is InChI=1S/C6H15N3O/c1-2-5(4-7)3-6(10)9-8/h5H,2-4,7-8H2,1H3,(H,9,10). The van der Waals surface area contributed by atoms with Crippen LogP contribution in [0.25, 0.3) is 0 Å². The summed E-state index contributed by atoms with van der Waals surface area (Å²) >= 11 is 0. The van der Waals surface area contributed by atoms with Gasteiger partial charge in [0.05, 0.1) is 0 Å². The predicted octanol–water partition coefficient (Wildman–Crippen LogP) is -0.649. The Hall–Kier alpha value is -0.610. The van der Waals surface area contributed by atoms with Crippen molar-refractivity contribution in [1.82, 2.24) is 5.43 Å². The van der Waals surface area contributed by atoms with Crippen LogP contribution in [0, 0.1) is 5.92 Å². The van der Waals surface area contributed by atoms with E-state index in [2.05, 4.69) is 5.43 Å². The minimum Gasteiger partial charge on any atom is -0.330 e. The molecular formula is C6H15N3O. The van der Waals surface area contributed by atoms with Gasteiger partial charge < -0.3 is 5.73 Å². The van der Waals surface area contributed by atoms with Gasteiger partial charge in [0.25, 0.3) is 0 Å². The van der Waals surface area contributed by atoms with Crippen molar-refractivity contribution in [2.75, 3.05) is 6.54 Å². The number of nitrogens with two attached hydrogens (primary N) is 2. The first kappa shape index (κ1) is 9.39. The number of carbonyl (C=O) groups excluding carboxylic acids is 1. The van der Waals surface area contributed by atoms with Crippen LogP contribution in [0.5, 0.6) is 0 Å². The molecule has 0 saturated carbocycles. The molecule has 0 aromatic carbocycles. The van der Waals surface area contributed by atoms with E-state index >= 15 is 0 Å². The number of rotatable bonds is 4. The summed E-state index contributed by atoms with van der Waals surface area (Å²) in [5.41, 5.74) is 7.44. The van der Waals surface area contributed by atoms with E-state index in [-0.39, 0.29) is 11.8 Å². The Kier molecular flexibility index (Phi) is 4.88. The molecule has 1 amide bonds. The second-order valence-corrected chi connectivity index (χ2v) is 2.28. The lowest BCUT2D eigenvalue weighted by Gasteiger charge is -2.09. The van der Waals surface area contributed by atoms with Crippen molar-refractivity contribution in [3.05, 3.63) is 0 Å². The summed E-state index contributed by atoms with van der Waals surface area (Å²) in [7, 11) is 0. The van der Waals surface area contributed by atoms with Gasteiger partial charge >= 0.3 is 0 Å². The summed E-state index contributed by atoms with van der Waals surface area (Å²) in [6.45, 7) is 2.55. The largest absolute Gasteiger partial charge is 0.330 e. The van der Waals surface area contributed by atoms with E-state index in [9.17, 15) is 4.79 Å². The fraction of sp³-hybridized carbons (Fsp3) is 0.833. The van der Waals surface area contributed by atoms with E-state index in [0.717, 1.165) is 6.42 Å². The van der Waals surface area contributed by atoms with Crippen LogP contribution in [0.2, 0.25) is 0 Å². The third-order valence-electron chi connectivity index (χ3n) is 1.55. The lowest BCUT2D eigenvalue weighted by molar-refractivity contribution is -0.122. The van der Waals surface area contributed by atoms with E-state index in [4.69, 9.17) is 11.6 Å². The van der Waals surface area contributed by atoms with Crippen LogP contribution >= 0.6 is 0 Å². The van der Waals surface area contributed by atoms with E-state index in [1.165, 1.54) is 0 Å². The monoisotopic (exact) mass is 145 g/mol. The Morgan fingerprint density at radius 2 is 2.30 bits per heavy atom. The van der Waals surface area contributed by atoms with Crippen LogP contribution in [0.3, 0.4) is 0 Å². The predicted molar refractivity (Wildman–Crippen MR) is 39.8 cm³/mol. The molecule has 1 unspecified atom stereocenters. The van der Waals surface area contributed by atoms with Gasteiger partial charge in [-0.1, -0.05) is 13.3 Å². The van der Waals surface area contributed by atoms with Crippen LogP contribution in [0.15, 0.2) is 0 Å². The molecule has 0 aliphatic rings. The van der Waals surface area contributed by atoms with Crippen molar-refractivity contribution in [2.24, 2.45) is 17.5 Å². The van der Waals surface area contributed by atoms with E-state index in [1.54, 1.807) is 0 Å². The summed E-state index contributed by atoms with van der Waals surface area (Å²) in [6, 6.07) is 0. The zero-order valence-corrected chi connectivity index (χ0v) is 6.26. The molecule has 60 valence electrons. The maximum absolute atomic E-state index is 10.6. The highest BCUT2D eigenvalue weighted by Gasteiger charge is 2.07. The first-order valence-corrected chi connectivity index (χ1v) is 3.44. The second kappa shape index (κ2) is 5.20. The molecule has 0 radical (unpaired) electrons. The SMILES string of the molecule is CCC(CN)CC(=O)NN. The lowest BCUT2D eigenvalue weighted by atomic mass is 10.0. The number of hydrazine groups is 1. The van der Waals surface area contributed by atoms with Gasteiger partial charge in [0.2, 0.25) is 5.91 Å². The van der Waals surface area contributed by atoms with Crippen molar-refractivity contribution in [3.8, 4) is 0 Å². The summed E-state index contributed by atoms with van der Waals surface area (Å²) < 4.78 is 0. The molecule has 0 fully saturated rings.